The van der Waals surface area contributed by atoms with Gasteiger partial charge in [0.25, 0.3) is 5.91 Å². The predicted octanol–water partition coefficient (Wildman–Crippen LogP) is 3.21. The number of methoxy groups -OCH3 is 1. The Hall–Kier alpha value is -2.09. The molecule has 2 aromatic carbocycles. The van der Waals surface area contributed by atoms with Crippen molar-refractivity contribution >= 4 is 33.2 Å². The summed E-state index contributed by atoms with van der Waals surface area (Å²) in [5.74, 6) is -0.00144. The van der Waals surface area contributed by atoms with Gasteiger partial charge in [-0.3, -0.25) is 4.79 Å². The number of nitrogens with one attached hydrogen (secondary N) is 2. The van der Waals surface area contributed by atoms with E-state index in [1.807, 2.05) is 0 Å². The molecule has 0 aliphatic carbocycles. The van der Waals surface area contributed by atoms with Crippen LogP contribution < -0.4 is 14.8 Å². The maximum absolute atomic E-state index is 12.6. The zero-order valence-corrected chi connectivity index (χ0v) is 15.7. The van der Waals surface area contributed by atoms with Crippen molar-refractivity contribution in [3.05, 3.63) is 52.5 Å². The first-order chi connectivity index (χ1) is 11.8. The molecule has 0 saturated carbocycles. The molecule has 8 heteroatoms. The van der Waals surface area contributed by atoms with E-state index < -0.39 is 15.9 Å². The molecule has 0 unspecified atom stereocenters. The van der Waals surface area contributed by atoms with E-state index >= 15 is 0 Å². The summed E-state index contributed by atoms with van der Waals surface area (Å²) in [6, 6.07) is 9.24. The smallest absolute Gasteiger partial charge is 0.256 e. The number of hydrogen-bond donors (Lipinski definition) is 2. The largest absolute Gasteiger partial charge is 0.495 e. The van der Waals surface area contributed by atoms with Crippen molar-refractivity contribution < 1.29 is 17.9 Å². The van der Waals surface area contributed by atoms with E-state index in [0.717, 1.165) is 0 Å². The first kappa shape index (κ1) is 19.2. The number of carbonyl (C=O) groups excluding carboxylic acids is 1. The van der Waals surface area contributed by atoms with E-state index in [0.29, 0.717) is 22.0 Å². The fourth-order valence-corrected chi connectivity index (χ4v) is 3.49. The SMILES string of the molecule is CCNS(=O)(=O)c1ccc(C)c(C(=O)Nc2cc(Cl)ccc2OC)c1. The lowest BCUT2D eigenvalue weighted by Crippen LogP contribution is -2.24. The van der Waals surface area contributed by atoms with Crippen LogP contribution >= 0.6 is 11.6 Å². The van der Waals surface area contributed by atoms with Gasteiger partial charge in [0.15, 0.2) is 0 Å². The molecule has 0 fully saturated rings. The Morgan fingerprint density at radius 3 is 2.56 bits per heavy atom. The van der Waals surface area contributed by atoms with Gasteiger partial charge in [-0.2, -0.15) is 0 Å². The Bertz CT molecular complexity index is 898. The summed E-state index contributed by atoms with van der Waals surface area (Å²) in [5, 5.41) is 3.15. The van der Waals surface area contributed by atoms with Gasteiger partial charge in [-0.1, -0.05) is 24.6 Å². The quantitative estimate of drug-likeness (QED) is 0.803. The molecule has 0 heterocycles. The Morgan fingerprint density at radius 1 is 1.20 bits per heavy atom. The molecule has 0 atom stereocenters. The van der Waals surface area contributed by atoms with Crippen LogP contribution in [0.2, 0.25) is 5.02 Å². The second-order valence-electron chi connectivity index (χ2n) is 5.28. The number of rotatable bonds is 6. The minimum atomic E-state index is -3.65. The lowest BCUT2D eigenvalue weighted by atomic mass is 10.1. The topological polar surface area (TPSA) is 84.5 Å². The zero-order chi connectivity index (χ0) is 18.6. The van der Waals surface area contributed by atoms with Gasteiger partial charge < -0.3 is 10.1 Å². The summed E-state index contributed by atoms with van der Waals surface area (Å²) in [4.78, 5) is 12.7. The third kappa shape index (κ3) is 4.50. The van der Waals surface area contributed by atoms with Crippen LogP contribution in [-0.4, -0.2) is 28.0 Å². The molecular weight excluding hydrogens is 364 g/mol. The summed E-state index contributed by atoms with van der Waals surface area (Å²) in [6.07, 6.45) is 0. The van der Waals surface area contributed by atoms with Gasteiger partial charge in [0.05, 0.1) is 17.7 Å². The van der Waals surface area contributed by atoms with Gasteiger partial charge in [0.1, 0.15) is 5.75 Å². The van der Waals surface area contributed by atoms with Crippen LogP contribution in [0.1, 0.15) is 22.8 Å². The van der Waals surface area contributed by atoms with Crippen LogP contribution in [0, 0.1) is 6.92 Å². The number of anilines is 1. The van der Waals surface area contributed by atoms with E-state index in [1.165, 1.54) is 19.2 Å². The van der Waals surface area contributed by atoms with Gasteiger partial charge >= 0.3 is 0 Å². The fraction of sp³-hybridized carbons (Fsp3) is 0.235. The number of halogens is 1. The summed E-state index contributed by atoms with van der Waals surface area (Å²) in [5.41, 5.74) is 1.30. The highest BCUT2D eigenvalue weighted by atomic mass is 35.5. The van der Waals surface area contributed by atoms with Gasteiger partial charge in [-0.25, -0.2) is 13.1 Å². The molecule has 25 heavy (non-hydrogen) atoms. The molecule has 1 amide bonds. The number of aryl methyl sites for hydroxylation is 1. The highest BCUT2D eigenvalue weighted by Gasteiger charge is 2.18. The normalized spacial score (nSPS) is 11.2. The molecular formula is C17H19ClN2O4S. The highest BCUT2D eigenvalue weighted by Crippen LogP contribution is 2.28. The minimum Gasteiger partial charge on any atom is -0.495 e. The van der Waals surface area contributed by atoms with Crippen LogP contribution in [0.3, 0.4) is 0 Å². The van der Waals surface area contributed by atoms with Crippen LogP contribution in [-0.2, 0) is 10.0 Å². The zero-order valence-electron chi connectivity index (χ0n) is 14.1. The number of benzene rings is 2. The van der Waals surface area contributed by atoms with Gasteiger partial charge in [0, 0.05) is 17.1 Å². The minimum absolute atomic E-state index is 0.0307. The average molecular weight is 383 g/mol. The van der Waals surface area contributed by atoms with Gasteiger partial charge in [-0.05, 0) is 42.8 Å². The van der Waals surface area contributed by atoms with Crippen molar-refractivity contribution in [1.82, 2.24) is 4.72 Å². The molecule has 0 aromatic heterocycles. The monoisotopic (exact) mass is 382 g/mol. The van der Waals surface area contributed by atoms with E-state index in [2.05, 4.69) is 10.0 Å². The van der Waals surface area contributed by atoms with Crippen LogP contribution in [0.4, 0.5) is 5.69 Å². The maximum atomic E-state index is 12.6. The number of ether oxygens (including phenoxy) is 1. The summed E-state index contributed by atoms with van der Waals surface area (Å²) < 4.78 is 31.9. The molecule has 0 radical (unpaired) electrons. The summed E-state index contributed by atoms with van der Waals surface area (Å²) >= 11 is 5.96. The Labute approximate surface area is 152 Å². The molecule has 6 nitrogen and oxygen atoms in total. The average Bonchev–Trinajstić information content (AvgIpc) is 2.55. The van der Waals surface area contributed by atoms with Crippen molar-refractivity contribution in [2.24, 2.45) is 0 Å². The van der Waals surface area contributed by atoms with E-state index in [4.69, 9.17) is 16.3 Å². The fourth-order valence-electron chi connectivity index (χ4n) is 2.25. The van der Waals surface area contributed by atoms with Crippen molar-refractivity contribution in [2.75, 3.05) is 19.0 Å². The predicted molar refractivity (Wildman–Crippen MR) is 98.0 cm³/mol. The van der Waals surface area contributed by atoms with Crippen LogP contribution in [0.25, 0.3) is 0 Å². The second-order valence-corrected chi connectivity index (χ2v) is 7.48. The van der Waals surface area contributed by atoms with Crippen molar-refractivity contribution in [1.29, 1.82) is 0 Å². The number of sulfonamides is 1. The number of hydrogen-bond acceptors (Lipinski definition) is 4. The Morgan fingerprint density at radius 2 is 1.92 bits per heavy atom. The molecule has 0 spiro atoms. The molecule has 134 valence electrons. The van der Waals surface area contributed by atoms with Crippen molar-refractivity contribution in [2.45, 2.75) is 18.7 Å². The lowest BCUT2D eigenvalue weighted by molar-refractivity contribution is 0.102. The molecule has 2 N–H and O–H groups in total. The maximum Gasteiger partial charge on any atom is 0.256 e. The standard InChI is InChI=1S/C17H19ClN2O4S/c1-4-19-25(22,23)13-7-5-11(2)14(10-13)17(21)20-15-9-12(18)6-8-16(15)24-3/h5-10,19H,4H2,1-3H3,(H,20,21). The summed E-state index contributed by atoms with van der Waals surface area (Å²) in [7, 11) is -2.17. The molecule has 0 saturated heterocycles. The number of amides is 1. The lowest BCUT2D eigenvalue weighted by Gasteiger charge is -2.13. The van der Waals surface area contributed by atoms with Gasteiger partial charge in [-0.15, -0.1) is 0 Å². The number of carbonyl (C=O) groups is 1. The third-order valence-corrected chi connectivity index (χ3v) is 5.29. The van der Waals surface area contributed by atoms with E-state index in [1.54, 1.807) is 38.1 Å². The van der Waals surface area contributed by atoms with Crippen LogP contribution in [0.15, 0.2) is 41.3 Å². The second kappa shape index (κ2) is 7.86. The molecule has 0 aliphatic rings. The van der Waals surface area contributed by atoms with E-state index in [9.17, 15) is 13.2 Å². The first-order valence-electron chi connectivity index (χ1n) is 7.53. The first-order valence-corrected chi connectivity index (χ1v) is 9.39. The molecule has 0 aliphatic heterocycles. The third-order valence-electron chi connectivity index (χ3n) is 3.51. The van der Waals surface area contributed by atoms with E-state index in [-0.39, 0.29) is 17.0 Å². The van der Waals surface area contributed by atoms with Gasteiger partial charge in [0.2, 0.25) is 10.0 Å². The van der Waals surface area contributed by atoms with Crippen LogP contribution in [0.5, 0.6) is 5.75 Å². The van der Waals surface area contributed by atoms with Crippen molar-refractivity contribution in [3.8, 4) is 5.75 Å². The Balaban J connectivity index is 2.38. The molecule has 0 bridgehead atoms. The molecule has 2 rings (SSSR count). The summed E-state index contributed by atoms with van der Waals surface area (Å²) in [6.45, 7) is 3.68. The Kier molecular flexibility index (Phi) is 6.05. The highest BCUT2D eigenvalue weighted by molar-refractivity contribution is 7.89. The molecule has 2 aromatic rings. The van der Waals surface area contributed by atoms with Crippen molar-refractivity contribution in [3.63, 3.8) is 0 Å².